The van der Waals surface area contributed by atoms with Crippen LogP contribution >= 0.6 is 0 Å². The van der Waals surface area contributed by atoms with Crippen molar-refractivity contribution >= 4 is 17.9 Å². The van der Waals surface area contributed by atoms with Gasteiger partial charge in [-0.05, 0) is 128 Å². The van der Waals surface area contributed by atoms with Crippen molar-refractivity contribution in [3.05, 3.63) is 146 Å². The smallest absolute Gasteiger partial charge is 0.306 e. The molecule has 6 heteroatoms. The Morgan fingerprint density at radius 3 is 0.756 bits per heavy atom. The van der Waals surface area contributed by atoms with E-state index in [9.17, 15) is 14.4 Å². The summed E-state index contributed by atoms with van der Waals surface area (Å²) in [6.45, 7) is 6.48. The van der Waals surface area contributed by atoms with Crippen molar-refractivity contribution in [2.45, 2.75) is 303 Å². The summed E-state index contributed by atoms with van der Waals surface area (Å²) in [5.41, 5.74) is 0. The van der Waals surface area contributed by atoms with Crippen molar-refractivity contribution in [1.29, 1.82) is 0 Å². The molecule has 0 aromatic rings. The molecule has 0 aliphatic carbocycles. The lowest BCUT2D eigenvalue weighted by Gasteiger charge is -2.18. The van der Waals surface area contributed by atoms with E-state index in [0.29, 0.717) is 19.3 Å². The van der Waals surface area contributed by atoms with Crippen LogP contribution in [-0.4, -0.2) is 37.2 Å². The molecule has 1 unspecified atom stereocenters. The number of carbonyl (C=O) groups is 3. The van der Waals surface area contributed by atoms with Crippen LogP contribution in [0.3, 0.4) is 0 Å². The van der Waals surface area contributed by atoms with Gasteiger partial charge in [0.1, 0.15) is 13.2 Å². The maximum Gasteiger partial charge on any atom is 0.306 e. The third-order valence-electron chi connectivity index (χ3n) is 14.1. The molecule has 464 valence electrons. The van der Waals surface area contributed by atoms with Gasteiger partial charge in [0.25, 0.3) is 0 Å². The van der Waals surface area contributed by atoms with E-state index >= 15 is 0 Å². The van der Waals surface area contributed by atoms with Crippen molar-refractivity contribution in [3.63, 3.8) is 0 Å². The van der Waals surface area contributed by atoms with Crippen LogP contribution in [0.25, 0.3) is 0 Å². The number of hydrogen-bond donors (Lipinski definition) is 0. The van der Waals surface area contributed by atoms with E-state index in [1.165, 1.54) is 96.3 Å². The lowest BCUT2D eigenvalue weighted by atomic mass is 10.0. The molecule has 0 saturated carbocycles. The average Bonchev–Trinajstić information content (AvgIpc) is 3.47. The predicted octanol–water partition coefficient (Wildman–Crippen LogP) is 23.5. The van der Waals surface area contributed by atoms with E-state index in [1.54, 1.807) is 0 Å². The number of rotatable bonds is 60. The Morgan fingerprint density at radius 2 is 0.476 bits per heavy atom. The molecule has 0 aliphatic heterocycles. The van der Waals surface area contributed by atoms with Gasteiger partial charge >= 0.3 is 17.9 Å². The Balaban J connectivity index is 4.34. The molecule has 0 aliphatic rings. The van der Waals surface area contributed by atoms with Gasteiger partial charge in [0.2, 0.25) is 0 Å². The summed E-state index contributed by atoms with van der Waals surface area (Å²) in [4.78, 5) is 38.3. The quantitative estimate of drug-likeness (QED) is 0.0261. The molecule has 0 aromatic heterocycles. The Morgan fingerprint density at radius 1 is 0.256 bits per heavy atom. The van der Waals surface area contributed by atoms with Crippen molar-refractivity contribution in [1.82, 2.24) is 0 Å². The van der Waals surface area contributed by atoms with E-state index in [0.717, 1.165) is 161 Å². The van der Waals surface area contributed by atoms with Gasteiger partial charge in [-0.2, -0.15) is 0 Å². The van der Waals surface area contributed by atoms with Gasteiger partial charge in [-0.15, -0.1) is 0 Å². The second-order valence-corrected chi connectivity index (χ2v) is 22.0. The molecule has 0 spiro atoms. The summed E-state index contributed by atoms with van der Waals surface area (Å²) in [7, 11) is 0. The average molecular weight is 1130 g/mol. The molecule has 0 amide bonds. The highest BCUT2D eigenvalue weighted by Gasteiger charge is 2.19. The third kappa shape index (κ3) is 66.1. The molecular formula is C76H124O6. The predicted molar refractivity (Wildman–Crippen MR) is 357 cm³/mol. The minimum Gasteiger partial charge on any atom is -0.462 e. The first kappa shape index (κ1) is 77.3. The molecule has 0 N–H and O–H groups in total. The largest absolute Gasteiger partial charge is 0.462 e. The fourth-order valence-electron chi connectivity index (χ4n) is 9.03. The first-order valence-corrected chi connectivity index (χ1v) is 33.8. The number of carbonyl (C=O) groups excluding carboxylic acids is 3. The molecule has 82 heavy (non-hydrogen) atoms. The van der Waals surface area contributed by atoms with Crippen LogP contribution in [0.15, 0.2) is 146 Å². The van der Waals surface area contributed by atoms with Crippen LogP contribution in [0.4, 0.5) is 0 Å². The van der Waals surface area contributed by atoms with E-state index in [2.05, 4.69) is 167 Å². The summed E-state index contributed by atoms with van der Waals surface area (Å²) in [6, 6.07) is 0. The third-order valence-corrected chi connectivity index (χ3v) is 14.1. The topological polar surface area (TPSA) is 78.9 Å². The summed E-state index contributed by atoms with van der Waals surface area (Å²) in [5, 5.41) is 0. The second kappa shape index (κ2) is 68.8. The van der Waals surface area contributed by atoms with E-state index in [-0.39, 0.29) is 31.1 Å². The van der Waals surface area contributed by atoms with Crippen LogP contribution in [0.5, 0.6) is 0 Å². The van der Waals surface area contributed by atoms with Crippen LogP contribution in [0.1, 0.15) is 297 Å². The lowest BCUT2D eigenvalue weighted by molar-refractivity contribution is -0.167. The standard InChI is InChI=1S/C76H124O6/c1-4-7-10-13-16-19-22-25-27-29-30-31-32-33-34-35-36-37-38-39-40-41-42-43-44-45-46-47-49-51-54-57-60-63-66-69-75(78)81-72-73(71-80-74(77)68-65-62-59-56-53-50-24-21-18-15-12-9-6-3)82-76(79)70-67-64-61-58-55-52-48-28-26-23-20-17-14-11-8-5-2/h7,10,16,19-20,23,25,27-28,30-31,33-34,36-37,39-40,42-43,45-46,48-49,51,73H,4-6,8-9,11-15,17-18,21-22,24,26,29,32,35,38,41,44,47,50,52-72H2,1-3H3/b10-7-,19-16-,23-20-,27-25-,31-30-,34-33-,37-36-,40-39-,43-42-,46-45-,48-28-,51-49-. The molecule has 0 saturated heterocycles. The van der Waals surface area contributed by atoms with Gasteiger partial charge < -0.3 is 14.2 Å². The van der Waals surface area contributed by atoms with Gasteiger partial charge in [-0.25, -0.2) is 0 Å². The van der Waals surface area contributed by atoms with E-state index in [4.69, 9.17) is 14.2 Å². The first-order chi connectivity index (χ1) is 40.5. The fourth-order valence-corrected chi connectivity index (χ4v) is 9.03. The maximum atomic E-state index is 12.9. The Kier molecular flexibility index (Phi) is 64.8. The summed E-state index contributed by atoms with van der Waals surface area (Å²) in [5.74, 6) is -0.930. The highest BCUT2D eigenvalue weighted by molar-refractivity contribution is 5.71. The van der Waals surface area contributed by atoms with Gasteiger partial charge in [0, 0.05) is 19.3 Å². The maximum absolute atomic E-state index is 12.9. The highest BCUT2D eigenvalue weighted by Crippen LogP contribution is 2.15. The fraction of sp³-hybridized carbons (Fsp3) is 0.645. The van der Waals surface area contributed by atoms with Crippen LogP contribution in [0.2, 0.25) is 0 Å². The summed E-state index contributed by atoms with van der Waals surface area (Å²) in [6.07, 6.45) is 98.6. The van der Waals surface area contributed by atoms with Crippen molar-refractivity contribution in [3.8, 4) is 0 Å². The van der Waals surface area contributed by atoms with E-state index in [1.807, 2.05) is 0 Å². The van der Waals surface area contributed by atoms with Crippen LogP contribution in [0, 0.1) is 0 Å². The van der Waals surface area contributed by atoms with E-state index < -0.39 is 6.10 Å². The molecule has 0 bridgehead atoms. The number of allylic oxidation sites excluding steroid dienone is 24. The van der Waals surface area contributed by atoms with Crippen molar-refractivity contribution in [2.24, 2.45) is 0 Å². The van der Waals surface area contributed by atoms with Gasteiger partial charge in [0.05, 0.1) is 0 Å². The summed E-state index contributed by atoms with van der Waals surface area (Å²) < 4.78 is 16.9. The van der Waals surface area contributed by atoms with Crippen LogP contribution < -0.4 is 0 Å². The van der Waals surface area contributed by atoms with Gasteiger partial charge in [0.15, 0.2) is 6.10 Å². The van der Waals surface area contributed by atoms with Gasteiger partial charge in [-0.1, -0.05) is 295 Å². The zero-order chi connectivity index (χ0) is 59.2. The van der Waals surface area contributed by atoms with Crippen molar-refractivity contribution in [2.75, 3.05) is 13.2 Å². The molecule has 0 radical (unpaired) electrons. The lowest BCUT2D eigenvalue weighted by Crippen LogP contribution is -2.30. The zero-order valence-electron chi connectivity index (χ0n) is 53.2. The minimum atomic E-state index is -0.800. The van der Waals surface area contributed by atoms with Crippen LogP contribution in [-0.2, 0) is 28.6 Å². The second-order valence-electron chi connectivity index (χ2n) is 22.0. The first-order valence-electron chi connectivity index (χ1n) is 33.8. The Labute approximate surface area is 506 Å². The normalized spacial score (nSPS) is 13.1. The zero-order valence-corrected chi connectivity index (χ0v) is 53.2. The molecule has 6 nitrogen and oxygen atoms in total. The van der Waals surface area contributed by atoms with Crippen molar-refractivity contribution < 1.29 is 28.6 Å². The SMILES string of the molecule is CC/C=C\C/C=C\C/C=C\C/C=C\C/C=C\C/C=C\C/C=C\C/C=C\C/C=C\C/C=C\CCCCCCC(=O)OCC(COC(=O)CCCCCCCCCCCCCCC)OC(=O)CCCCCCC/C=C\C/C=C\CCCCCC. The number of hydrogen-bond acceptors (Lipinski definition) is 6. The molecule has 1 atom stereocenters. The van der Waals surface area contributed by atoms with Gasteiger partial charge in [-0.3, -0.25) is 14.4 Å². The Bertz CT molecular complexity index is 1780. The molecule has 0 fully saturated rings. The molecular weight excluding hydrogens is 1010 g/mol. The number of unbranched alkanes of at least 4 members (excludes halogenated alkanes) is 25. The minimum absolute atomic E-state index is 0.0932. The highest BCUT2D eigenvalue weighted by atomic mass is 16.6. The molecule has 0 aromatic carbocycles. The number of esters is 3. The number of ether oxygens (including phenoxy) is 3. The monoisotopic (exact) mass is 1130 g/mol. The molecule has 0 rings (SSSR count). The summed E-state index contributed by atoms with van der Waals surface area (Å²) >= 11 is 0. The molecule has 0 heterocycles. The Hall–Kier alpha value is -4.71.